The van der Waals surface area contributed by atoms with Gasteiger partial charge < -0.3 is 21.1 Å². The molecule has 0 aliphatic rings. The minimum Gasteiger partial charge on any atom is -0.432 e. The zero-order valence-corrected chi connectivity index (χ0v) is 16.9. The second kappa shape index (κ2) is 9.04. The lowest BCUT2D eigenvalue weighted by molar-refractivity contribution is -0.118. The number of ketones is 1. The quantitative estimate of drug-likeness (QED) is 0.506. The number of carbonyl (C=O) groups excluding carboxylic acids is 2. The molecule has 0 bridgehead atoms. The monoisotopic (exact) mass is 450 g/mol. The molecular formula is C20H17F3N4O3S. The molecule has 3 rings (SSSR count). The van der Waals surface area contributed by atoms with Crippen molar-refractivity contribution in [3.05, 3.63) is 64.8 Å². The molecule has 1 heterocycles. The maximum atomic E-state index is 14.3. The Labute approximate surface area is 179 Å². The molecule has 2 aromatic carbocycles. The third kappa shape index (κ3) is 4.77. The van der Waals surface area contributed by atoms with Gasteiger partial charge in [-0.25, -0.2) is 9.37 Å². The van der Waals surface area contributed by atoms with Gasteiger partial charge in [0.15, 0.2) is 16.7 Å². The molecule has 11 heteroatoms. The fourth-order valence-electron chi connectivity index (χ4n) is 2.76. The van der Waals surface area contributed by atoms with Gasteiger partial charge in [0.25, 0.3) is 0 Å². The van der Waals surface area contributed by atoms with E-state index in [1.54, 1.807) is 30.3 Å². The molecule has 31 heavy (non-hydrogen) atoms. The number of nitrogen functional groups attached to an aromatic ring is 1. The van der Waals surface area contributed by atoms with Crippen LogP contribution in [0.3, 0.4) is 0 Å². The van der Waals surface area contributed by atoms with E-state index in [1.165, 1.54) is 17.9 Å². The number of carbonyl (C=O) groups is 2. The third-order valence-corrected chi connectivity index (χ3v) is 5.37. The first-order chi connectivity index (χ1) is 14.7. The first-order valence-corrected chi connectivity index (χ1v) is 9.69. The molecule has 0 aliphatic heterocycles. The number of ether oxygens (including phenoxy) is 1. The number of hydrogen-bond acceptors (Lipinski definition) is 7. The van der Waals surface area contributed by atoms with Crippen molar-refractivity contribution in [2.24, 2.45) is 5.73 Å². The molecular weight excluding hydrogens is 433 g/mol. The second-order valence-corrected chi connectivity index (χ2v) is 7.33. The van der Waals surface area contributed by atoms with Crippen molar-refractivity contribution in [3.8, 4) is 5.75 Å². The average Bonchev–Trinajstić information content (AvgIpc) is 3.10. The van der Waals surface area contributed by atoms with Gasteiger partial charge in [0, 0.05) is 17.3 Å². The minimum absolute atomic E-state index is 0.0753. The van der Waals surface area contributed by atoms with Gasteiger partial charge in [-0.05, 0) is 19.1 Å². The van der Waals surface area contributed by atoms with Crippen LogP contribution in [0.15, 0.2) is 48.5 Å². The van der Waals surface area contributed by atoms with Crippen molar-refractivity contribution in [2.75, 3.05) is 10.6 Å². The Kier molecular flexibility index (Phi) is 6.44. The highest BCUT2D eigenvalue weighted by Gasteiger charge is 2.28. The number of benzene rings is 2. The van der Waals surface area contributed by atoms with E-state index in [9.17, 15) is 22.8 Å². The summed E-state index contributed by atoms with van der Waals surface area (Å²) in [5.74, 6) is -2.96. The van der Waals surface area contributed by atoms with Crippen molar-refractivity contribution in [1.29, 1.82) is 0 Å². The lowest BCUT2D eigenvalue weighted by Crippen LogP contribution is -2.40. The molecule has 162 valence electrons. The predicted molar refractivity (Wildman–Crippen MR) is 110 cm³/mol. The zero-order valence-electron chi connectivity index (χ0n) is 16.1. The Hall–Kier alpha value is -3.60. The summed E-state index contributed by atoms with van der Waals surface area (Å²) in [5, 5.41) is 0.102. The van der Waals surface area contributed by atoms with Gasteiger partial charge in [-0.15, -0.1) is 0 Å². The molecule has 0 radical (unpaired) electrons. The lowest BCUT2D eigenvalue weighted by Gasteiger charge is -2.27. The van der Waals surface area contributed by atoms with Gasteiger partial charge in [0.1, 0.15) is 16.7 Å². The number of anilines is 3. The number of alkyl halides is 2. The highest BCUT2D eigenvalue weighted by atomic mass is 32.1. The summed E-state index contributed by atoms with van der Waals surface area (Å²) in [7, 11) is 0. The highest BCUT2D eigenvalue weighted by molar-refractivity contribution is 7.18. The minimum atomic E-state index is -3.20. The van der Waals surface area contributed by atoms with Crippen LogP contribution in [-0.2, 0) is 4.79 Å². The van der Waals surface area contributed by atoms with Crippen molar-refractivity contribution in [2.45, 2.75) is 19.6 Å². The van der Waals surface area contributed by atoms with E-state index >= 15 is 0 Å². The van der Waals surface area contributed by atoms with Crippen LogP contribution in [0, 0.1) is 5.82 Å². The summed E-state index contributed by atoms with van der Waals surface area (Å²) in [4.78, 5) is 30.2. The van der Waals surface area contributed by atoms with E-state index in [-0.39, 0.29) is 27.3 Å². The molecule has 1 unspecified atom stereocenters. The van der Waals surface area contributed by atoms with E-state index in [2.05, 4.69) is 9.72 Å². The van der Waals surface area contributed by atoms with Crippen LogP contribution in [-0.4, -0.2) is 29.3 Å². The second-order valence-electron chi connectivity index (χ2n) is 6.35. The lowest BCUT2D eigenvalue weighted by atomic mass is 10.1. The molecule has 3 aromatic rings. The molecule has 4 N–H and O–H groups in total. The van der Waals surface area contributed by atoms with E-state index in [0.717, 1.165) is 23.5 Å². The molecule has 0 fully saturated rings. The highest BCUT2D eigenvalue weighted by Crippen LogP contribution is 2.37. The fourth-order valence-corrected chi connectivity index (χ4v) is 3.81. The zero-order chi connectivity index (χ0) is 22.7. The van der Waals surface area contributed by atoms with Crippen LogP contribution in [0.4, 0.5) is 29.8 Å². The van der Waals surface area contributed by atoms with E-state index in [1.807, 2.05) is 0 Å². The van der Waals surface area contributed by atoms with Crippen molar-refractivity contribution >= 4 is 39.7 Å². The van der Waals surface area contributed by atoms with Gasteiger partial charge >= 0.3 is 6.61 Å². The predicted octanol–water partition coefficient (Wildman–Crippen LogP) is 3.71. The van der Waals surface area contributed by atoms with Crippen LogP contribution in [0.5, 0.6) is 5.75 Å². The number of primary amides is 1. The largest absolute Gasteiger partial charge is 0.432 e. The number of thiazole rings is 1. The maximum absolute atomic E-state index is 14.3. The number of aromatic nitrogens is 1. The van der Waals surface area contributed by atoms with Crippen molar-refractivity contribution in [3.63, 3.8) is 0 Å². The summed E-state index contributed by atoms with van der Waals surface area (Å²) < 4.78 is 43.2. The van der Waals surface area contributed by atoms with Gasteiger partial charge in [-0.3, -0.25) is 9.59 Å². The van der Waals surface area contributed by atoms with E-state index < -0.39 is 30.1 Å². The number of amides is 1. The SMILES string of the molecule is CC(C(N)=O)N(c1ccc(OC(F)F)c(F)c1)c1nc(N)c(C(=O)c2ccccc2)s1. The normalized spacial score (nSPS) is 11.9. The molecule has 0 aliphatic carbocycles. The Morgan fingerprint density at radius 3 is 2.42 bits per heavy atom. The molecule has 7 nitrogen and oxygen atoms in total. The number of halogens is 3. The Morgan fingerprint density at radius 2 is 1.84 bits per heavy atom. The van der Waals surface area contributed by atoms with E-state index in [0.29, 0.717) is 5.56 Å². The summed E-state index contributed by atoms with van der Waals surface area (Å²) in [6.45, 7) is -1.76. The Bertz CT molecular complexity index is 1110. The summed E-state index contributed by atoms with van der Waals surface area (Å²) >= 11 is 0.891. The topological polar surface area (TPSA) is 112 Å². The third-order valence-electron chi connectivity index (χ3n) is 4.30. The van der Waals surface area contributed by atoms with Crippen LogP contribution < -0.4 is 21.1 Å². The molecule has 1 aromatic heterocycles. The number of hydrogen-bond donors (Lipinski definition) is 2. The Morgan fingerprint density at radius 1 is 1.16 bits per heavy atom. The smallest absolute Gasteiger partial charge is 0.387 e. The molecule has 0 saturated carbocycles. The van der Waals surface area contributed by atoms with Gasteiger partial charge in [0.05, 0.1) is 0 Å². The van der Waals surface area contributed by atoms with Crippen molar-refractivity contribution in [1.82, 2.24) is 4.98 Å². The molecule has 0 spiro atoms. The fraction of sp³-hybridized carbons (Fsp3) is 0.150. The summed E-state index contributed by atoms with van der Waals surface area (Å²) in [5.41, 5.74) is 11.8. The number of rotatable bonds is 8. The van der Waals surface area contributed by atoms with Crippen LogP contribution in [0.25, 0.3) is 0 Å². The summed E-state index contributed by atoms with van der Waals surface area (Å²) in [6.07, 6.45) is 0. The van der Waals surface area contributed by atoms with Crippen LogP contribution >= 0.6 is 11.3 Å². The first-order valence-electron chi connectivity index (χ1n) is 8.88. The number of nitrogens with zero attached hydrogens (tertiary/aromatic N) is 2. The molecule has 1 atom stereocenters. The average molecular weight is 450 g/mol. The van der Waals surface area contributed by atoms with Crippen LogP contribution in [0.1, 0.15) is 22.2 Å². The van der Waals surface area contributed by atoms with Crippen molar-refractivity contribution < 1.29 is 27.5 Å². The van der Waals surface area contributed by atoms with Crippen LogP contribution in [0.2, 0.25) is 0 Å². The maximum Gasteiger partial charge on any atom is 0.387 e. The molecule has 0 saturated heterocycles. The standard InChI is InChI=1S/C20H17F3N4O3S/c1-10(18(25)29)27(12-7-8-14(13(21)9-12)30-19(22)23)20-26-17(24)16(31-20)15(28)11-5-3-2-4-6-11/h2-10,19H,24H2,1H3,(H2,25,29). The van der Waals surface area contributed by atoms with Gasteiger partial charge in [-0.1, -0.05) is 41.7 Å². The Balaban J connectivity index is 2.04. The molecule has 1 amide bonds. The van der Waals surface area contributed by atoms with Gasteiger partial charge in [-0.2, -0.15) is 8.78 Å². The van der Waals surface area contributed by atoms with Gasteiger partial charge in [0.2, 0.25) is 11.7 Å². The first kappa shape index (κ1) is 22.1. The summed E-state index contributed by atoms with van der Waals surface area (Å²) in [6, 6.07) is 10.5. The number of nitrogens with two attached hydrogens (primary N) is 2. The van der Waals surface area contributed by atoms with E-state index in [4.69, 9.17) is 11.5 Å².